The summed E-state index contributed by atoms with van der Waals surface area (Å²) in [4.78, 5) is 14.7. The van der Waals surface area contributed by atoms with Crippen LogP contribution in [-0.4, -0.2) is 19.5 Å². The number of nitrogens with zero attached hydrogens (tertiary/aromatic N) is 4. The van der Waals surface area contributed by atoms with Crippen molar-refractivity contribution in [2.24, 2.45) is 0 Å². The summed E-state index contributed by atoms with van der Waals surface area (Å²) >= 11 is 0. The molecule has 0 aliphatic carbocycles. The van der Waals surface area contributed by atoms with Crippen LogP contribution in [0.15, 0.2) is 194 Å². The van der Waals surface area contributed by atoms with Gasteiger partial charge in [0.2, 0.25) is 0 Å². The van der Waals surface area contributed by atoms with Crippen molar-refractivity contribution < 1.29 is 0 Å². The number of para-hydroxylation sites is 2. The van der Waals surface area contributed by atoms with E-state index in [1.807, 2.05) is 60.7 Å². The summed E-state index contributed by atoms with van der Waals surface area (Å²) in [5.41, 5.74) is 16.4. The molecule has 8 aromatic carbocycles. The van der Waals surface area contributed by atoms with Gasteiger partial charge in [0.15, 0.2) is 17.5 Å². The van der Waals surface area contributed by atoms with Gasteiger partial charge in [-0.25, -0.2) is 15.0 Å². The van der Waals surface area contributed by atoms with E-state index >= 15 is 0 Å². The first-order chi connectivity index (χ1) is 28.5. The molecule has 0 radical (unpaired) electrons. The molecule has 0 N–H and O–H groups in total. The van der Waals surface area contributed by atoms with Crippen LogP contribution in [0.1, 0.15) is 25.0 Å². The summed E-state index contributed by atoms with van der Waals surface area (Å²) in [6.07, 6.45) is 0. The van der Waals surface area contributed by atoms with Gasteiger partial charge in [0.05, 0.1) is 16.7 Å². The Labute approximate surface area is 337 Å². The third-order valence-electron chi connectivity index (χ3n) is 11.9. The van der Waals surface area contributed by atoms with E-state index in [9.17, 15) is 0 Å². The zero-order valence-corrected chi connectivity index (χ0v) is 32.3. The fourth-order valence-corrected chi connectivity index (χ4v) is 8.81. The number of hydrogen-bond acceptors (Lipinski definition) is 3. The van der Waals surface area contributed by atoms with Crippen LogP contribution in [0.25, 0.3) is 95.0 Å². The predicted molar refractivity (Wildman–Crippen MR) is 239 cm³/mol. The molecule has 0 fully saturated rings. The second-order valence-electron chi connectivity index (χ2n) is 15.7. The third kappa shape index (κ3) is 5.56. The Morgan fingerprint density at radius 1 is 0.345 bits per heavy atom. The molecule has 1 aliphatic heterocycles. The number of benzene rings is 8. The lowest BCUT2D eigenvalue weighted by Gasteiger charge is -2.35. The maximum absolute atomic E-state index is 4.91. The van der Waals surface area contributed by atoms with Crippen molar-refractivity contribution in [2.75, 3.05) is 0 Å². The van der Waals surface area contributed by atoms with Gasteiger partial charge in [0, 0.05) is 32.9 Å². The summed E-state index contributed by atoms with van der Waals surface area (Å²) in [6.45, 7) is 4.73. The van der Waals surface area contributed by atoms with E-state index in [0.29, 0.717) is 17.5 Å². The minimum Gasteiger partial charge on any atom is -0.309 e. The van der Waals surface area contributed by atoms with Gasteiger partial charge in [-0.2, -0.15) is 0 Å². The zero-order chi connectivity index (χ0) is 38.8. The highest BCUT2D eigenvalue weighted by atomic mass is 15.0. The van der Waals surface area contributed by atoms with Crippen LogP contribution in [0, 0.1) is 0 Å². The molecule has 0 spiro atoms. The van der Waals surface area contributed by atoms with Gasteiger partial charge < -0.3 is 4.57 Å². The molecular weight excluding hydrogens is 705 g/mol. The summed E-state index contributed by atoms with van der Waals surface area (Å²) < 4.78 is 2.48. The van der Waals surface area contributed by atoms with Crippen molar-refractivity contribution in [1.82, 2.24) is 19.5 Å². The number of rotatable bonds is 6. The molecule has 0 amide bonds. The van der Waals surface area contributed by atoms with Crippen molar-refractivity contribution in [1.29, 1.82) is 0 Å². The van der Waals surface area contributed by atoms with Crippen LogP contribution in [0.5, 0.6) is 0 Å². The van der Waals surface area contributed by atoms with Gasteiger partial charge in [0.1, 0.15) is 0 Å². The molecule has 4 nitrogen and oxygen atoms in total. The van der Waals surface area contributed by atoms with Gasteiger partial charge in [-0.3, -0.25) is 0 Å². The second-order valence-corrected chi connectivity index (χ2v) is 15.7. The topological polar surface area (TPSA) is 43.6 Å². The quantitative estimate of drug-likeness (QED) is 0.170. The minimum atomic E-state index is -0.144. The molecule has 2 aromatic heterocycles. The summed E-state index contributed by atoms with van der Waals surface area (Å²) in [7, 11) is 0. The summed E-state index contributed by atoms with van der Waals surface area (Å²) in [6, 6.07) is 69.1. The van der Waals surface area contributed by atoms with Crippen molar-refractivity contribution >= 4 is 21.8 Å². The maximum Gasteiger partial charge on any atom is 0.164 e. The Balaban J connectivity index is 0.890. The maximum atomic E-state index is 4.91. The predicted octanol–water partition coefficient (Wildman–Crippen LogP) is 13.6. The molecule has 3 heterocycles. The van der Waals surface area contributed by atoms with Crippen LogP contribution in [0.3, 0.4) is 0 Å². The molecule has 0 saturated carbocycles. The highest BCUT2D eigenvalue weighted by molar-refractivity contribution is 6.11. The fraction of sp³-hybridized carbons (Fsp3) is 0.0556. The van der Waals surface area contributed by atoms with Gasteiger partial charge in [0.25, 0.3) is 0 Å². The first-order valence-electron chi connectivity index (χ1n) is 19.9. The van der Waals surface area contributed by atoms with Crippen LogP contribution >= 0.6 is 0 Å². The molecule has 58 heavy (non-hydrogen) atoms. The van der Waals surface area contributed by atoms with Crippen molar-refractivity contribution in [2.45, 2.75) is 19.3 Å². The Morgan fingerprint density at radius 2 is 0.776 bits per heavy atom. The van der Waals surface area contributed by atoms with Gasteiger partial charge in [-0.05, 0) is 68.8 Å². The van der Waals surface area contributed by atoms with Crippen molar-refractivity contribution in [3.63, 3.8) is 0 Å². The summed E-state index contributed by atoms with van der Waals surface area (Å²) in [5.74, 6) is 1.96. The minimum absolute atomic E-state index is 0.144. The largest absolute Gasteiger partial charge is 0.309 e. The molecule has 0 unspecified atom stereocenters. The Hall–Kier alpha value is -7.43. The normalized spacial score (nSPS) is 12.8. The highest BCUT2D eigenvalue weighted by Gasteiger charge is 2.35. The molecule has 274 valence electrons. The third-order valence-corrected chi connectivity index (χ3v) is 11.9. The number of aromatic nitrogens is 4. The van der Waals surface area contributed by atoms with E-state index in [-0.39, 0.29) is 5.41 Å². The lowest BCUT2D eigenvalue weighted by Crippen LogP contribution is -2.26. The van der Waals surface area contributed by atoms with Crippen LogP contribution in [0.2, 0.25) is 0 Å². The molecule has 4 heteroatoms. The Morgan fingerprint density at radius 3 is 1.36 bits per heavy atom. The van der Waals surface area contributed by atoms with E-state index in [0.717, 1.165) is 27.8 Å². The average molecular weight is 743 g/mol. The van der Waals surface area contributed by atoms with E-state index in [4.69, 9.17) is 15.0 Å². The van der Waals surface area contributed by atoms with Gasteiger partial charge in [-0.15, -0.1) is 0 Å². The first kappa shape index (κ1) is 33.9. The standard InChI is InChI=1S/C54H38N4/c1-54(2)46-21-12-20-45-44-19-9-10-22-48(44)58(50(45)46)49-32-31-43(34-47(49)54)37-25-23-35(24-26-37)41-17-11-18-42(33-41)36-27-29-40(30-28-36)53-56-51(38-13-5-3-6-14-38)55-52(57-53)39-15-7-4-8-16-39/h3-34H,1-2H3. The van der Waals surface area contributed by atoms with Crippen LogP contribution in [0.4, 0.5) is 0 Å². The molecular formula is C54H38N4. The van der Waals surface area contributed by atoms with Crippen LogP contribution in [-0.2, 0) is 5.41 Å². The molecule has 1 aliphatic rings. The van der Waals surface area contributed by atoms with E-state index < -0.39 is 0 Å². The van der Waals surface area contributed by atoms with E-state index in [2.05, 4.69) is 152 Å². The number of fused-ring (bicyclic) bond motifs is 5. The van der Waals surface area contributed by atoms with Crippen LogP contribution < -0.4 is 0 Å². The molecule has 0 atom stereocenters. The van der Waals surface area contributed by atoms with Crippen molar-refractivity contribution in [3.8, 4) is 73.2 Å². The van der Waals surface area contributed by atoms with Gasteiger partial charge >= 0.3 is 0 Å². The Bertz CT molecular complexity index is 3100. The van der Waals surface area contributed by atoms with E-state index in [1.165, 1.54) is 60.9 Å². The SMILES string of the molecule is CC1(C)c2cc(-c3ccc(-c4cccc(-c5ccc(-c6nc(-c7ccccc7)nc(-c7ccccc7)n6)cc5)c4)cc3)ccc2-n2c3ccccc3c3cccc1c32. The van der Waals surface area contributed by atoms with E-state index in [1.54, 1.807) is 0 Å². The molecule has 10 aromatic rings. The first-order valence-corrected chi connectivity index (χ1v) is 19.9. The highest BCUT2D eigenvalue weighted by Crippen LogP contribution is 2.48. The lowest BCUT2D eigenvalue weighted by atomic mass is 9.74. The second kappa shape index (κ2) is 13.4. The smallest absolute Gasteiger partial charge is 0.164 e. The lowest BCUT2D eigenvalue weighted by molar-refractivity contribution is 0.630. The van der Waals surface area contributed by atoms with Crippen molar-refractivity contribution in [3.05, 3.63) is 205 Å². The fourth-order valence-electron chi connectivity index (χ4n) is 8.81. The molecule has 11 rings (SSSR count). The summed E-state index contributed by atoms with van der Waals surface area (Å²) in [5, 5.41) is 2.63. The Kier molecular flexibility index (Phi) is 7.80. The molecule has 0 bridgehead atoms. The average Bonchev–Trinajstić information content (AvgIpc) is 3.63. The van der Waals surface area contributed by atoms with Gasteiger partial charge in [-0.1, -0.05) is 184 Å². The molecule has 0 saturated heterocycles. The monoisotopic (exact) mass is 742 g/mol. The zero-order valence-electron chi connectivity index (χ0n) is 32.3. The number of hydrogen-bond donors (Lipinski definition) is 0.